The minimum absolute atomic E-state index is 0.0356. The summed E-state index contributed by atoms with van der Waals surface area (Å²) in [7, 11) is 0. The van der Waals surface area contributed by atoms with Gasteiger partial charge in [0.05, 0.1) is 12.1 Å². The van der Waals surface area contributed by atoms with Crippen molar-refractivity contribution in [3.8, 4) is 0 Å². The van der Waals surface area contributed by atoms with Crippen molar-refractivity contribution in [1.29, 1.82) is 0 Å². The molecule has 18 heavy (non-hydrogen) atoms. The van der Waals surface area contributed by atoms with Crippen molar-refractivity contribution in [2.75, 3.05) is 13.2 Å². The Labute approximate surface area is 110 Å². The van der Waals surface area contributed by atoms with Crippen molar-refractivity contribution < 1.29 is 9.90 Å². The maximum absolute atomic E-state index is 12.7. The van der Waals surface area contributed by atoms with Crippen LogP contribution in [-0.2, 0) is 4.79 Å². The fraction of sp³-hybridized carbons (Fsp3) is 0.929. The number of nitrogens with zero attached hydrogens (tertiary/aromatic N) is 1. The van der Waals surface area contributed by atoms with Crippen LogP contribution in [-0.4, -0.2) is 40.6 Å². The number of rotatable bonds is 4. The van der Waals surface area contributed by atoms with Gasteiger partial charge in [0.2, 0.25) is 5.91 Å². The summed E-state index contributed by atoms with van der Waals surface area (Å²) in [5.41, 5.74) is 5.69. The molecule has 2 saturated carbocycles. The number of aliphatic hydroxyl groups excluding tert-OH is 1. The molecule has 2 unspecified atom stereocenters. The normalized spacial score (nSPS) is 32.9. The summed E-state index contributed by atoms with van der Waals surface area (Å²) < 4.78 is 0. The molecular weight excluding hydrogens is 228 g/mol. The third kappa shape index (κ3) is 2.69. The van der Waals surface area contributed by atoms with Gasteiger partial charge in [-0.3, -0.25) is 4.79 Å². The second-order valence-electron chi connectivity index (χ2n) is 6.16. The van der Waals surface area contributed by atoms with Gasteiger partial charge in [-0.25, -0.2) is 0 Å². The lowest BCUT2D eigenvalue weighted by Gasteiger charge is -2.44. The SMILES string of the molecule is CC1CCCC(N)(C(=O)N(CCO)C2CCC2)C1. The molecule has 2 fully saturated rings. The fourth-order valence-electron chi connectivity index (χ4n) is 3.33. The van der Waals surface area contributed by atoms with Crippen LogP contribution in [0, 0.1) is 5.92 Å². The summed E-state index contributed by atoms with van der Waals surface area (Å²) in [6, 6.07) is 0.322. The van der Waals surface area contributed by atoms with Crippen molar-refractivity contribution in [2.24, 2.45) is 11.7 Å². The highest BCUT2D eigenvalue weighted by Gasteiger charge is 2.42. The molecule has 0 aromatic carbocycles. The van der Waals surface area contributed by atoms with E-state index in [-0.39, 0.29) is 12.5 Å². The Morgan fingerprint density at radius 1 is 1.39 bits per heavy atom. The average molecular weight is 254 g/mol. The van der Waals surface area contributed by atoms with Crippen LogP contribution in [0.1, 0.15) is 51.9 Å². The van der Waals surface area contributed by atoms with Crippen LogP contribution in [0.25, 0.3) is 0 Å². The molecule has 2 atom stereocenters. The quantitative estimate of drug-likeness (QED) is 0.794. The van der Waals surface area contributed by atoms with Crippen molar-refractivity contribution in [3.05, 3.63) is 0 Å². The highest BCUT2D eigenvalue weighted by atomic mass is 16.3. The third-order valence-corrected chi connectivity index (χ3v) is 4.58. The largest absolute Gasteiger partial charge is 0.395 e. The Kier molecular flexibility index (Phi) is 4.28. The van der Waals surface area contributed by atoms with E-state index in [0.717, 1.165) is 32.1 Å². The van der Waals surface area contributed by atoms with E-state index in [9.17, 15) is 4.79 Å². The van der Waals surface area contributed by atoms with E-state index in [1.807, 2.05) is 4.90 Å². The zero-order chi connectivity index (χ0) is 13.2. The maximum Gasteiger partial charge on any atom is 0.242 e. The standard InChI is InChI=1S/C14H26N2O2/c1-11-4-3-7-14(15,10-11)13(18)16(8-9-17)12-5-2-6-12/h11-12,17H,2-10,15H2,1H3. The highest BCUT2D eigenvalue weighted by molar-refractivity contribution is 5.86. The summed E-state index contributed by atoms with van der Waals surface area (Å²) in [5, 5.41) is 9.15. The second kappa shape index (κ2) is 5.57. The number of carbonyl (C=O) groups excluding carboxylic acids is 1. The molecule has 4 nitrogen and oxygen atoms in total. The number of hydrogen-bond donors (Lipinski definition) is 2. The smallest absolute Gasteiger partial charge is 0.242 e. The first kappa shape index (κ1) is 13.8. The van der Waals surface area contributed by atoms with Gasteiger partial charge in [-0.05, 0) is 38.0 Å². The molecule has 2 aliphatic carbocycles. The van der Waals surface area contributed by atoms with Crippen LogP contribution in [0.4, 0.5) is 0 Å². The molecule has 0 aromatic heterocycles. The van der Waals surface area contributed by atoms with Crippen molar-refractivity contribution in [1.82, 2.24) is 4.90 Å². The molecule has 2 aliphatic rings. The lowest BCUT2D eigenvalue weighted by Crippen LogP contribution is -2.60. The van der Waals surface area contributed by atoms with Crippen molar-refractivity contribution in [2.45, 2.75) is 63.5 Å². The Balaban J connectivity index is 2.06. The molecule has 0 saturated heterocycles. The predicted molar refractivity (Wildman–Crippen MR) is 71.0 cm³/mol. The monoisotopic (exact) mass is 254 g/mol. The topological polar surface area (TPSA) is 66.6 Å². The van der Waals surface area contributed by atoms with E-state index >= 15 is 0 Å². The van der Waals surface area contributed by atoms with Gasteiger partial charge in [0.15, 0.2) is 0 Å². The second-order valence-corrected chi connectivity index (χ2v) is 6.16. The lowest BCUT2D eigenvalue weighted by molar-refractivity contribution is -0.143. The number of nitrogens with two attached hydrogens (primary N) is 1. The molecule has 2 rings (SSSR count). The van der Waals surface area contributed by atoms with Gasteiger partial charge in [-0.2, -0.15) is 0 Å². The summed E-state index contributed by atoms with van der Waals surface area (Å²) in [5.74, 6) is 0.609. The average Bonchev–Trinajstić information content (AvgIpc) is 2.24. The van der Waals surface area contributed by atoms with Crippen LogP contribution < -0.4 is 5.73 Å². The first-order chi connectivity index (χ1) is 8.57. The van der Waals surface area contributed by atoms with Gasteiger partial charge in [-0.15, -0.1) is 0 Å². The molecule has 0 heterocycles. The van der Waals surface area contributed by atoms with E-state index in [1.54, 1.807) is 0 Å². The van der Waals surface area contributed by atoms with Gasteiger partial charge < -0.3 is 15.7 Å². The number of carbonyl (C=O) groups is 1. The third-order valence-electron chi connectivity index (χ3n) is 4.58. The Morgan fingerprint density at radius 3 is 2.61 bits per heavy atom. The van der Waals surface area contributed by atoms with Crippen LogP contribution in [0.15, 0.2) is 0 Å². The summed E-state index contributed by atoms with van der Waals surface area (Å²) in [6.07, 6.45) is 7.13. The molecular formula is C14H26N2O2. The van der Waals surface area contributed by atoms with Crippen LogP contribution >= 0.6 is 0 Å². The number of amides is 1. The van der Waals surface area contributed by atoms with E-state index in [1.165, 1.54) is 12.8 Å². The Hall–Kier alpha value is -0.610. The van der Waals surface area contributed by atoms with Crippen LogP contribution in [0.2, 0.25) is 0 Å². The van der Waals surface area contributed by atoms with Crippen LogP contribution in [0.5, 0.6) is 0 Å². The summed E-state index contributed by atoms with van der Waals surface area (Å²) in [4.78, 5) is 14.5. The molecule has 1 amide bonds. The molecule has 0 aromatic rings. The Bertz CT molecular complexity index is 304. The number of aliphatic hydroxyl groups is 1. The minimum Gasteiger partial charge on any atom is -0.395 e. The van der Waals surface area contributed by atoms with Crippen LogP contribution in [0.3, 0.4) is 0 Å². The molecule has 104 valence electrons. The fourth-order valence-corrected chi connectivity index (χ4v) is 3.33. The first-order valence-electron chi connectivity index (χ1n) is 7.27. The van der Waals surface area contributed by atoms with E-state index < -0.39 is 5.54 Å². The molecule has 0 spiro atoms. The molecule has 0 bridgehead atoms. The first-order valence-corrected chi connectivity index (χ1v) is 7.27. The molecule has 4 heteroatoms. The number of hydrogen-bond acceptors (Lipinski definition) is 3. The van der Waals surface area contributed by atoms with Gasteiger partial charge >= 0.3 is 0 Å². The minimum atomic E-state index is -0.678. The van der Waals surface area contributed by atoms with E-state index in [0.29, 0.717) is 18.5 Å². The summed E-state index contributed by atoms with van der Waals surface area (Å²) >= 11 is 0. The lowest BCUT2D eigenvalue weighted by atomic mass is 9.75. The van der Waals surface area contributed by atoms with E-state index in [4.69, 9.17) is 10.8 Å². The zero-order valence-corrected chi connectivity index (χ0v) is 11.4. The zero-order valence-electron chi connectivity index (χ0n) is 11.4. The highest BCUT2D eigenvalue weighted by Crippen LogP contribution is 2.34. The molecule has 0 aliphatic heterocycles. The maximum atomic E-state index is 12.7. The van der Waals surface area contributed by atoms with Gasteiger partial charge in [0.1, 0.15) is 0 Å². The predicted octanol–water partition coefficient (Wildman–Crippen LogP) is 1.27. The van der Waals surface area contributed by atoms with Crippen molar-refractivity contribution >= 4 is 5.91 Å². The molecule has 3 N–H and O–H groups in total. The van der Waals surface area contributed by atoms with Gasteiger partial charge in [0, 0.05) is 12.6 Å². The molecule has 0 radical (unpaired) electrons. The van der Waals surface area contributed by atoms with Gasteiger partial charge in [-0.1, -0.05) is 19.8 Å². The van der Waals surface area contributed by atoms with Gasteiger partial charge in [0.25, 0.3) is 0 Å². The van der Waals surface area contributed by atoms with E-state index in [2.05, 4.69) is 6.92 Å². The Morgan fingerprint density at radius 2 is 2.11 bits per heavy atom. The summed E-state index contributed by atoms with van der Waals surface area (Å²) in [6.45, 7) is 2.65. The van der Waals surface area contributed by atoms with Crippen molar-refractivity contribution in [3.63, 3.8) is 0 Å².